The summed E-state index contributed by atoms with van der Waals surface area (Å²) in [6, 6.07) is 12.6. The first kappa shape index (κ1) is 18.0. The first-order chi connectivity index (χ1) is 13.3. The van der Waals surface area contributed by atoms with E-state index in [1.165, 1.54) is 16.8 Å². The van der Waals surface area contributed by atoms with E-state index in [2.05, 4.69) is 15.3 Å². The van der Waals surface area contributed by atoms with Crippen LogP contribution >= 0.6 is 0 Å². The highest BCUT2D eigenvalue weighted by molar-refractivity contribution is 7.89. The van der Waals surface area contributed by atoms with Gasteiger partial charge in [-0.2, -0.15) is 0 Å². The Morgan fingerprint density at radius 1 is 1.14 bits per heavy atom. The molecule has 0 atom stereocenters. The van der Waals surface area contributed by atoms with Crippen molar-refractivity contribution in [2.45, 2.75) is 4.90 Å². The minimum absolute atomic E-state index is 0.112. The molecule has 28 heavy (non-hydrogen) atoms. The number of aromatic nitrogens is 3. The van der Waals surface area contributed by atoms with Gasteiger partial charge in [-0.3, -0.25) is 4.79 Å². The molecule has 0 radical (unpaired) electrons. The number of anilines is 2. The number of aromatic amines is 1. The Morgan fingerprint density at radius 2 is 1.89 bits per heavy atom. The van der Waals surface area contributed by atoms with Gasteiger partial charge in [0.2, 0.25) is 10.0 Å². The van der Waals surface area contributed by atoms with Crippen LogP contribution in [0.2, 0.25) is 0 Å². The first-order valence-electron chi connectivity index (χ1n) is 8.36. The molecule has 4 aromatic rings. The van der Waals surface area contributed by atoms with Gasteiger partial charge in [-0.1, -0.05) is 18.2 Å². The molecule has 4 N–H and O–H groups in total. The van der Waals surface area contributed by atoms with E-state index in [0.717, 1.165) is 5.69 Å². The van der Waals surface area contributed by atoms with Gasteiger partial charge in [0.05, 0.1) is 0 Å². The van der Waals surface area contributed by atoms with E-state index in [-0.39, 0.29) is 10.5 Å². The lowest BCUT2D eigenvalue weighted by Crippen LogP contribution is -2.17. The van der Waals surface area contributed by atoms with Gasteiger partial charge >= 0.3 is 0 Å². The van der Waals surface area contributed by atoms with Crippen LogP contribution < -0.4 is 16.0 Å². The van der Waals surface area contributed by atoms with Crippen molar-refractivity contribution >= 4 is 32.4 Å². The predicted molar refractivity (Wildman–Crippen MR) is 108 cm³/mol. The SMILES string of the molecule is Cn1cc(-c2cc(S(N)(=O)=O)cnc2Nc2ccccc2)c2cc[nH]c2c1=O. The number of fused-ring (bicyclic) bond motifs is 1. The largest absolute Gasteiger partial charge is 0.357 e. The van der Waals surface area contributed by atoms with E-state index >= 15 is 0 Å². The molecule has 0 saturated heterocycles. The zero-order valence-corrected chi connectivity index (χ0v) is 15.7. The molecule has 4 rings (SSSR count). The van der Waals surface area contributed by atoms with Crippen LogP contribution in [0.15, 0.2) is 70.7 Å². The number of hydrogen-bond acceptors (Lipinski definition) is 5. The van der Waals surface area contributed by atoms with Crippen molar-refractivity contribution in [3.8, 4) is 11.1 Å². The van der Waals surface area contributed by atoms with Crippen LogP contribution in [-0.4, -0.2) is 23.0 Å². The number of nitrogens with one attached hydrogen (secondary N) is 2. The van der Waals surface area contributed by atoms with Crippen LogP contribution in [0.1, 0.15) is 0 Å². The van der Waals surface area contributed by atoms with Crippen LogP contribution in [0, 0.1) is 0 Å². The molecule has 0 saturated carbocycles. The van der Waals surface area contributed by atoms with Crippen molar-refractivity contribution in [3.63, 3.8) is 0 Å². The van der Waals surface area contributed by atoms with Gasteiger partial charge < -0.3 is 14.9 Å². The molecular formula is C19H17N5O3S. The molecule has 0 aliphatic heterocycles. The lowest BCUT2D eigenvalue weighted by Gasteiger charge is -2.14. The molecule has 0 fully saturated rings. The lowest BCUT2D eigenvalue weighted by molar-refractivity contribution is 0.597. The summed E-state index contributed by atoms with van der Waals surface area (Å²) >= 11 is 0. The number of sulfonamides is 1. The number of rotatable bonds is 4. The normalized spacial score (nSPS) is 11.6. The second-order valence-corrected chi connectivity index (χ2v) is 7.89. The van der Waals surface area contributed by atoms with Gasteiger partial charge in [-0.25, -0.2) is 18.5 Å². The molecule has 0 aliphatic carbocycles. The second kappa shape index (κ2) is 6.63. The Hall–Kier alpha value is -3.43. The van der Waals surface area contributed by atoms with Gasteiger partial charge in [0, 0.05) is 47.8 Å². The third-order valence-electron chi connectivity index (χ3n) is 4.41. The number of para-hydroxylation sites is 1. The summed E-state index contributed by atoms with van der Waals surface area (Å²) in [5.74, 6) is 0.444. The van der Waals surface area contributed by atoms with Crippen molar-refractivity contribution < 1.29 is 8.42 Å². The molecule has 1 aromatic carbocycles. The number of nitrogens with zero attached hydrogens (tertiary/aromatic N) is 2. The molecule has 142 valence electrons. The van der Waals surface area contributed by atoms with E-state index in [0.29, 0.717) is 27.8 Å². The van der Waals surface area contributed by atoms with Gasteiger partial charge in [-0.05, 0) is 24.3 Å². The molecule has 0 bridgehead atoms. The summed E-state index contributed by atoms with van der Waals surface area (Å²) in [5.41, 5.74) is 2.18. The van der Waals surface area contributed by atoms with Gasteiger partial charge in [0.1, 0.15) is 16.2 Å². The van der Waals surface area contributed by atoms with Crippen LogP contribution in [0.25, 0.3) is 22.0 Å². The topological polar surface area (TPSA) is 123 Å². The van der Waals surface area contributed by atoms with Crippen LogP contribution in [0.5, 0.6) is 0 Å². The van der Waals surface area contributed by atoms with Crippen molar-refractivity contribution in [1.29, 1.82) is 0 Å². The predicted octanol–water partition coefficient (Wildman–Crippen LogP) is 2.32. The molecule has 0 amide bonds. The fourth-order valence-electron chi connectivity index (χ4n) is 3.05. The summed E-state index contributed by atoms with van der Waals surface area (Å²) < 4.78 is 25.2. The van der Waals surface area contributed by atoms with Crippen LogP contribution in [0.3, 0.4) is 0 Å². The summed E-state index contributed by atoms with van der Waals surface area (Å²) in [4.78, 5) is 19.5. The maximum atomic E-state index is 12.4. The van der Waals surface area contributed by atoms with E-state index in [1.807, 2.05) is 30.3 Å². The number of nitrogens with two attached hydrogens (primary N) is 1. The smallest absolute Gasteiger partial charge is 0.274 e. The Labute approximate surface area is 160 Å². The summed E-state index contributed by atoms with van der Waals surface area (Å²) in [5, 5.41) is 9.16. The third-order valence-corrected chi connectivity index (χ3v) is 5.29. The standard InChI is InChI=1S/C19H17N5O3S/c1-24-11-16(14-7-8-21-17(14)19(24)25)15-9-13(28(20,26)27)10-22-18(15)23-12-5-3-2-4-6-12/h2-11,21H,1H3,(H,22,23)(H2,20,26,27). The molecule has 3 heterocycles. The molecule has 0 spiro atoms. The van der Waals surface area contributed by atoms with E-state index < -0.39 is 10.0 Å². The molecular weight excluding hydrogens is 378 g/mol. The monoisotopic (exact) mass is 395 g/mol. The van der Waals surface area contributed by atoms with Gasteiger partial charge in [-0.15, -0.1) is 0 Å². The van der Waals surface area contributed by atoms with E-state index in [1.54, 1.807) is 25.5 Å². The molecule has 8 nitrogen and oxygen atoms in total. The molecule has 0 aliphatic rings. The van der Waals surface area contributed by atoms with Crippen LogP contribution in [-0.2, 0) is 17.1 Å². The highest BCUT2D eigenvalue weighted by atomic mass is 32.2. The average molecular weight is 395 g/mol. The highest BCUT2D eigenvalue weighted by Gasteiger charge is 2.18. The van der Waals surface area contributed by atoms with Crippen LogP contribution in [0.4, 0.5) is 11.5 Å². The maximum Gasteiger partial charge on any atom is 0.274 e. The van der Waals surface area contributed by atoms with Crippen molar-refractivity contribution in [1.82, 2.24) is 14.5 Å². The lowest BCUT2D eigenvalue weighted by atomic mass is 10.0. The minimum Gasteiger partial charge on any atom is -0.357 e. The summed E-state index contributed by atoms with van der Waals surface area (Å²) in [6.45, 7) is 0. The average Bonchev–Trinajstić information content (AvgIpc) is 3.15. The molecule has 3 aromatic heterocycles. The fourth-order valence-corrected chi connectivity index (χ4v) is 3.53. The van der Waals surface area contributed by atoms with E-state index in [4.69, 9.17) is 5.14 Å². The maximum absolute atomic E-state index is 12.4. The van der Waals surface area contributed by atoms with Crippen molar-refractivity contribution in [2.24, 2.45) is 12.2 Å². The fraction of sp³-hybridized carbons (Fsp3) is 0.0526. The number of primary sulfonamides is 1. The van der Waals surface area contributed by atoms with Gasteiger partial charge in [0.25, 0.3) is 5.56 Å². The zero-order chi connectivity index (χ0) is 19.9. The Morgan fingerprint density at radius 3 is 2.61 bits per heavy atom. The number of benzene rings is 1. The number of pyridine rings is 2. The quantitative estimate of drug-likeness (QED) is 0.489. The Bertz CT molecular complexity index is 1340. The third kappa shape index (κ3) is 3.17. The number of H-pyrrole nitrogens is 1. The number of aryl methyl sites for hydroxylation is 1. The Kier molecular flexibility index (Phi) is 4.25. The van der Waals surface area contributed by atoms with Gasteiger partial charge in [0.15, 0.2) is 0 Å². The summed E-state index contributed by atoms with van der Waals surface area (Å²) in [7, 11) is -2.32. The van der Waals surface area contributed by atoms with Crippen molar-refractivity contribution in [3.05, 3.63) is 71.4 Å². The number of hydrogen-bond donors (Lipinski definition) is 3. The Balaban J connectivity index is 2.00. The molecule has 9 heteroatoms. The zero-order valence-electron chi connectivity index (χ0n) is 14.9. The minimum atomic E-state index is -3.95. The second-order valence-electron chi connectivity index (χ2n) is 6.33. The highest BCUT2D eigenvalue weighted by Crippen LogP contribution is 2.34. The van der Waals surface area contributed by atoms with Crippen molar-refractivity contribution in [2.75, 3.05) is 5.32 Å². The first-order valence-corrected chi connectivity index (χ1v) is 9.91. The summed E-state index contributed by atoms with van der Waals surface area (Å²) in [6.07, 6.45) is 4.52. The van der Waals surface area contributed by atoms with E-state index in [9.17, 15) is 13.2 Å². The molecule has 0 unspecified atom stereocenters.